The normalized spacial score (nSPS) is 18.1. The van der Waals surface area contributed by atoms with E-state index in [1.165, 1.54) is 12.6 Å². The van der Waals surface area contributed by atoms with E-state index in [0.29, 0.717) is 52.7 Å². The highest BCUT2D eigenvalue weighted by Gasteiger charge is 2.27. The minimum atomic E-state index is -3.55. The van der Waals surface area contributed by atoms with Gasteiger partial charge < -0.3 is 29.9 Å². The number of ether oxygens (including phenoxy) is 2. The highest BCUT2D eigenvalue weighted by Crippen LogP contribution is 2.40. The molecule has 0 amide bonds. The molecule has 0 saturated carbocycles. The Morgan fingerprint density at radius 1 is 0.957 bits per heavy atom. The number of anilines is 6. The number of rotatable bonds is 9. The molecule has 12 nitrogen and oxygen atoms in total. The molecule has 0 aliphatic carbocycles. The lowest BCUT2D eigenvalue weighted by Crippen LogP contribution is -2.46. The molecule has 2 aromatic carbocycles. The Balaban J connectivity index is 1.18. The van der Waals surface area contributed by atoms with Crippen LogP contribution in [0.5, 0.6) is 11.5 Å². The van der Waals surface area contributed by atoms with Crippen LogP contribution in [0.15, 0.2) is 30.5 Å². The molecule has 4 heterocycles. The Bertz CT molecular complexity index is 1690. The number of fused-ring (bicyclic) bond motifs is 1. The molecule has 248 valence electrons. The number of sulfonamides is 1. The number of nitrogens with one attached hydrogen (secondary N) is 3. The summed E-state index contributed by atoms with van der Waals surface area (Å²) in [4.78, 5) is 16.3. The molecule has 0 atom stereocenters. The summed E-state index contributed by atoms with van der Waals surface area (Å²) in [5.41, 5.74) is 3.24. The molecular weight excluding hydrogens is 651 g/mol. The lowest BCUT2D eigenvalue weighted by Gasteiger charge is -2.39. The van der Waals surface area contributed by atoms with E-state index in [9.17, 15) is 8.42 Å². The molecule has 3 aromatic rings. The summed E-state index contributed by atoms with van der Waals surface area (Å²) in [5, 5.41) is 7.19. The van der Waals surface area contributed by atoms with Crippen molar-refractivity contribution >= 4 is 67.7 Å². The first-order valence-corrected chi connectivity index (χ1v) is 18.1. The fourth-order valence-electron chi connectivity index (χ4n) is 6.33. The van der Waals surface area contributed by atoms with Crippen molar-refractivity contribution < 1.29 is 17.9 Å². The van der Waals surface area contributed by atoms with Crippen LogP contribution in [-0.2, 0) is 16.4 Å². The van der Waals surface area contributed by atoms with Crippen molar-refractivity contribution in [1.29, 1.82) is 0 Å². The number of hydrogen-bond donors (Lipinski definition) is 3. The van der Waals surface area contributed by atoms with Crippen molar-refractivity contribution in [2.75, 3.05) is 86.5 Å². The van der Waals surface area contributed by atoms with Gasteiger partial charge in [0, 0.05) is 50.8 Å². The molecule has 1 aromatic heterocycles. The van der Waals surface area contributed by atoms with Crippen LogP contribution in [0.2, 0.25) is 10.0 Å². The lowest BCUT2D eigenvalue weighted by atomic mass is 10.0. The Morgan fingerprint density at radius 3 is 2.52 bits per heavy atom. The van der Waals surface area contributed by atoms with Gasteiger partial charge in [0.2, 0.25) is 16.0 Å². The van der Waals surface area contributed by atoms with Crippen LogP contribution in [0, 0.1) is 0 Å². The standard InChI is InChI=1S/C31H40Cl2N8O4S/c1-39-8-4-9-40(13-12-39)21-5-10-41(11-6-21)27-18-29(44-2)26(16-22(27)32)36-31-34-19-23(33)30(37-31)35-24-17-28-20(7-14-45-28)15-25(24)38-46(3,42)43/h15-19,21,38H,4-14H2,1-3H3,(H2,34,35,36,37). The third-order valence-electron chi connectivity index (χ3n) is 8.71. The quantitative estimate of drug-likeness (QED) is 0.275. The van der Waals surface area contributed by atoms with E-state index in [4.69, 9.17) is 32.7 Å². The summed E-state index contributed by atoms with van der Waals surface area (Å²) < 4.78 is 38.2. The maximum atomic E-state index is 12.1. The van der Waals surface area contributed by atoms with E-state index in [-0.39, 0.29) is 16.8 Å². The predicted molar refractivity (Wildman–Crippen MR) is 185 cm³/mol. The molecular formula is C31H40Cl2N8O4S. The van der Waals surface area contributed by atoms with Crippen molar-refractivity contribution in [1.82, 2.24) is 19.8 Å². The van der Waals surface area contributed by atoms with Gasteiger partial charge >= 0.3 is 0 Å². The topological polar surface area (TPSA) is 124 Å². The number of methoxy groups -OCH3 is 1. The Labute approximate surface area is 280 Å². The van der Waals surface area contributed by atoms with Crippen LogP contribution >= 0.6 is 23.2 Å². The Morgan fingerprint density at radius 2 is 1.76 bits per heavy atom. The molecule has 6 rings (SSSR count). The van der Waals surface area contributed by atoms with E-state index >= 15 is 0 Å². The molecule has 3 N–H and O–H groups in total. The van der Waals surface area contributed by atoms with Gasteiger partial charge in [0.25, 0.3) is 0 Å². The second kappa shape index (κ2) is 13.9. The van der Waals surface area contributed by atoms with E-state index < -0.39 is 10.0 Å². The zero-order valence-corrected chi connectivity index (χ0v) is 28.6. The van der Waals surface area contributed by atoms with Gasteiger partial charge in [-0.05, 0) is 57.1 Å². The van der Waals surface area contributed by atoms with Crippen molar-refractivity contribution in [3.05, 3.63) is 46.1 Å². The summed E-state index contributed by atoms with van der Waals surface area (Å²) in [6, 6.07) is 7.86. The first kappa shape index (κ1) is 32.7. The van der Waals surface area contributed by atoms with Crippen LogP contribution in [0.4, 0.5) is 34.5 Å². The van der Waals surface area contributed by atoms with E-state index in [1.54, 1.807) is 19.2 Å². The lowest BCUT2D eigenvalue weighted by molar-refractivity contribution is 0.174. The SMILES string of the molecule is COc1cc(N2CCC(N3CCCN(C)CC3)CC2)c(Cl)cc1Nc1ncc(Cl)c(Nc2cc3c(cc2NS(C)(=O)=O)CCO3)n1. The van der Waals surface area contributed by atoms with Crippen molar-refractivity contribution in [2.24, 2.45) is 0 Å². The van der Waals surface area contributed by atoms with Crippen LogP contribution < -0.4 is 29.7 Å². The third kappa shape index (κ3) is 7.66. The zero-order chi connectivity index (χ0) is 32.4. The first-order valence-electron chi connectivity index (χ1n) is 15.5. The summed E-state index contributed by atoms with van der Waals surface area (Å²) in [7, 11) is 0.273. The highest BCUT2D eigenvalue weighted by molar-refractivity contribution is 7.92. The van der Waals surface area contributed by atoms with Gasteiger partial charge in [-0.3, -0.25) is 9.62 Å². The Hall–Kier alpha value is -3.23. The molecule has 2 fully saturated rings. The number of aromatic nitrogens is 2. The van der Waals surface area contributed by atoms with Crippen LogP contribution in [0.25, 0.3) is 0 Å². The predicted octanol–water partition coefficient (Wildman–Crippen LogP) is 5.19. The number of benzene rings is 2. The van der Waals surface area contributed by atoms with Crippen molar-refractivity contribution in [3.8, 4) is 11.5 Å². The molecule has 2 saturated heterocycles. The van der Waals surface area contributed by atoms with Gasteiger partial charge in [-0.25, -0.2) is 13.4 Å². The average Bonchev–Trinajstić information content (AvgIpc) is 3.36. The fraction of sp³-hybridized carbons (Fsp3) is 0.484. The fourth-order valence-corrected chi connectivity index (χ4v) is 7.32. The summed E-state index contributed by atoms with van der Waals surface area (Å²) in [5.74, 6) is 1.78. The largest absolute Gasteiger partial charge is 0.494 e. The van der Waals surface area contributed by atoms with Crippen LogP contribution in [0.3, 0.4) is 0 Å². The Kier molecular flexibility index (Phi) is 9.85. The summed E-state index contributed by atoms with van der Waals surface area (Å²) in [6.45, 7) is 6.94. The van der Waals surface area contributed by atoms with E-state index in [1.807, 2.05) is 12.1 Å². The third-order valence-corrected chi connectivity index (χ3v) is 9.88. The molecule has 0 bridgehead atoms. The van der Waals surface area contributed by atoms with Gasteiger partial charge in [-0.15, -0.1) is 0 Å². The second-order valence-electron chi connectivity index (χ2n) is 12.0. The van der Waals surface area contributed by atoms with Gasteiger partial charge in [-0.1, -0.05) is 23.2 Å². The monoisotopic (exact) mass is 690 g/mol. The van der Waals surface area contributed by atoms with Gasteiger partial charge in [0.05, 0.1) is 53.9 Å². The van der Waals surface area contributed by atoms with E-state index in [2.05, 4.69) is 47.1 Å². The molecule has 15 heteroatoms. The summed E-state index contributed by atoms with van der Waals surface area (Å²) >= 11 is 13.3. The zero-order valence-electron chi connectivity index (χ0n) is 26.3. The maximum absolute atomic E-state index is 12.1. The number of hydrogen-bond acceptors (Lipinski definition) is 11. The number of likely N-dealkylation sites (N-methyl/N-ethyl adjacent to an activating group) is 1. The van der Waals surface area contributed by atoms with Crippen LogP contribution in [-0.4, -0.2) is 101 Å². The number of piperidine rings is 1. The van der Waals surface area contributed by atoms with Crippen molar-refractivity contribution in [3.63, 3.8) is 0 Å². The highest BCUT2D eigenvalue weighted by atomic mass is 35.5. The number of halogens is 2. The van der Waals surface area contributed by atoms with E-state index in [0.717, 1.165) is 69.6 Å². The maximum Gasteiger partial charge on any atom is 0.229 e. The molecule has 0 radical (unpaired) electrons. The molecule has 0 unspecified atom stereocenters. The molecule has 3 aliphatic heterocycles. The van der Waals surface area contributed by atoms with Crippen molar-refractivity contribution in [2.45, 2.75) is 31.7 Å². The van der Waals surface area contributed by atoms with Crippen LogP contribution in [0.1, 0.15) is 24.8 Å². The van der Waals surface area contributed by atoms with Gasteiger partial charge in [-0.2, -0.15) is 4.98 Å². The molecule has 46 heavy (non-hydrogen) atoms. The minimum absolute atomic E-state index is 0.243. The number of nitrogens with zero attached hydrogens (tertiary/aromatic N) is 5. The smallest absolute Gasteiger partial charge is 0.229 e. The first-order chi connectivity index (χ1) is 22.1. The molecule has 3 aliphatic rings. The molecule has 0 spiro atoms. The van der Waals surface area contributed by atoms with Gasteiger partial charge in [0.1, 0.15) is 16.5 Å². The average molecular weight is 692 g/mol. The minimum Gasteiger partial charge on any atom is -0.494 e. The summed E-state index contributed by atoms with van der Waals surface area (Å²) in [6.07, 6.45) is 6.65. The van der Waals surface area contributed by atoms with Gasteiger partial charge in [0.15, 0.2) is 5.82 Å². The second-order valence-corrected chi connectivity index (χ2v) is 14.6.